The van der Waals surface area contributed by atoms with Gasteiger partial charge >= 0.3 is 5.97 Å². The number of carbonyl (C=O) groups excluding carboxylic acids is 2. The Bertz CT molecular complexity index is 499. The second-order valence-electron chi connectivity index (χ2n) is 4.36. The first kappa shape index (κ1) is 16.3. The molecule has 1 rings (SSSR count). The van der Waals surface area contributed by atoms with E-state index in [1.165, 1.54) is 0 Å². The minimum atomic E-state index is -0.654. The molecular weight excluding hydrogens is 280 g/mol. The average Bonchev–Trinajstić information content (AvgIpc) is 2.66. The molecule has 1 aromatic rings. The van der Waals surface area contributed by atoms with Crippen molar-refractivity contribution in [3.8, 4) is 0 Å². The summed E-state index contributed by atoms with van der Waals surface area (Å²) in [5.41, 5.74) is 11.3. The molecule has 0 saturated carbocycles. The maximum absolute atomic E-state index is 11.9. The fraction of sp³-hybridized carbons (Fsp3) is 0.500. The van der Waals surface area contributed by atoms with Crippen LogP contribution in [0.5, 0.6) is 0 Å². The zero-order chi connectivity index (χ0) is 15.3. The van der Waals surface area contributed by atoms with Gasteiger partial charge < -0.3 is 26.4 Å². The number of nitrogens with one attached hydrogen (secondary N) is 1. The monoisotopic (exact) mass is 300 g/mol. The lowest BCUT2D eigenvalue weighted by Crippen LogP contribution is -2.21. The Morgan fingerprint density at radius 1 is 1.40 bits per heavy atom. The van der Waals surface area contributed by atoms with Crippen LogP contribution in [0.4, 0.5) is 10.7 Å². The molecule has 0 atom stereocenters. The van der Waals surface area contributed by atoms with E-state index < -0.39 is 11.9 Å². The van der Waals surface area contributed by atoms with E-state index in [2.05, 4.69) is 5.32 Å². The number of nitrogen functional groups attached to an aromatic ring is 1. The number of primary amides is 1. The van der Waals surface area contributed by atoms with E-state index in [1.807, 2.05) is 19.0 Å². The van der Waals surface area contributed by atoms with E-state index in [4.69, 9.17) is 16.2 Å². The van der Waals surface area contributed by atoms with E-state index in [0.717, 1.165) is 17.9 Å². The summed E-state index contributed by atoms with van der Waals surface area (Å²) in [5.74, 6) is -1.21. The number of rotatable bonds is 7. The summed E-state index contributed by atoms with van der Waals surface area (Å²) < 4.78 is 4.96. The highest BCUT2D eigenvalue weighted by Crippen LogP contribution is 2.35. The van der Waals surface area contributed by atoms with Gasteiger partial charge in [0.2, 0.25) is 0 Å². The fourth-order valence-electron chi connectivity index (χ4n) is 1.55. The van der Waals surface area contributed by atoms with Gasteiger partial charge in [0.1, 0.15) is 15.4 Å². The molecular formula is C12H20N4O3S. The molecule has 0 aliphatic heterocycles. The highest BCUT2D eigenvalue weighted by Gasteiger charge is 2.25. The topological polar surface area (TPSA) is 111 Å². The van der Waals surface area contributed by atoms with Crippen LogP contribution in [0.2, 0.25) is 0 Å². The summed E-state index contributed by atoms with van der Waals surface area (Å²) in [6.07, 6.45) is 0. The Morgan fingerprint density at radius 3 is 2.55 bits per heavy atom. The van der Waals surface area contributed by atoms with Gasteiger partial charge in [-0.25, -0.2) is 4.79 Å². The van der Waals surface area contributed by atoms with Gasteiger partial charge in [-0.2, -0.15) is 0 Å². The number of esters is 1. The Kier molecular flexibility index (Phi) is 5.78. The van der Waals surface area contributed by atoms with E-state index in [9.17, 15) is 9.59 Å². The first-order valence-corrected chi connectivity index (χ1v) is 6.97. The standard InChI is InChI=1S/C12H20N4O3S/c1-4-19-12(18)7-8(13)9(10(14)17)20-11(7)15-5-6-16(2)3/h15H,4-6,13H2,1-3H3,(H2,14,17). The summed E-state index contributed by atoms with van der Waals surface area (Å²) in [5, 5.41) is 3.60. The number of thiophene rings is 1. The van der Waals surface area contributed by atoms with Crippen molar-refractivity contribution in [1.29, 1.82) is 0 Å². The van der Waals surface area contributed by atoms with Gasteiger partial charge in [0.05, 0.1) is 12.3 Å². The molecule has 5 N–H and O–H groups in total. The number of hydrogen-bond donors (Lipinski definition) is 3. The highest BCUT2D eigenvalue weighted by molar-refractivity contribution is 7.19. The SMILES string of the molecule is CCOC(=O)c1c(NCCN(C)C)sc(C(N)=O)c1N. The normalized spacial score (nSPS) is 10.6. The minimum Gasteiger partial charge on any atom is -0.462 e. The minimum absolute atomic E-state index is 0.0771. The predicted molar refractivity (Wildman–Crippen MR) is 80.2 cm³/mol. The molecule has 0 fully saturated rings. The molecule has 112 valence electrons. The fourth-order valence-corrected chi connectivity index (χ4v) is 2.54. The van der Waals surface area contributed by atoms with Crippen LogP contribution in [-0.4, -0.2) is 50.6 Å². The Hall–Kier alpha value is -1.80. The largest absolute Gasteiger partial charge is 0.462 e. The van der Waals surface area contributed by atoms with Gasteiger partial charge in [0, 0.05) is 13.1 Å². The smallest absolute Gasteiger partial charge is 0.343 e. The molecule has 0 aromatic carbocycles. The Morgan fingerprint density at radius 2 is 2.05 bits per heavy atom. The van der Waals surface area contributed by atoms with Crippen molar-refractivity contribution in [2.24, 2.45) is 5.73 Å². The first-order valence-electron chi connectivity index (χ1n) is 6.16. The lowest BCUT2D eigenvalue weighted by Gasteiger charge is -2.11. The van der Waals surface area contributed by atoms with E-state index in [-0.39, 0.29) is 22.7 Å². The Balaban J connectivity index is 3.03. The quantitative estimate of drug-likeness (QED) is 0.635. The third-order valence-electron chi connectivity index (χ3n) is 2.49. The molecule has 1 aromatic heterocycles. The summed E-state index contributed by atoms with van der Waals surface area (Å²) in [6, 6.07) is 0. The molecule has 0 aliphatic rings. The second kappa shape index (κ2) is 7.11. The van der Waals surface area contributed by atoms with Crippen LogP contribution in [0.1, 0.15) is 27.0 Å². The van der Waals surface area contributed by atoms with Gasteiger partial charge in [0.25, 0.3) is 5.91 Å². The van der Waals surface area contributed by atoms with Crippen molar-refractivity contribution < 1.29 is 14.3 Å². The van der Waals surface area contributed by atoms with Crippen molar-refractivity contribution in [2.75, 3.05) is 44.8 Å². The summed E-state index contributed by atoms with van der Waals surface area (Å²) in [7, 11) is 3.87. The van der Waals surface area contributed by atoms with Crippen LogP contribution in [0.3, 0.4) is 0 Å². The average molecular weight is 300 g/mol. The molecule has 0 spiro atoms. The summed E-state index contributed by atoms with van der Waals surface area (Å²) in [6.45, 7) is 3.31. The van der Waals surface area contributed by atoms with Crippen molar-refractivity contribution in [3.05, 3.63) is 10.4 Å². The van der Waals surface area contributed by atoms with E-state index >= 15 is 0 Å². The maximum atomic E-state index is 11.9. The predicted octanol–water partition coefficient (Wildman–Crippen LogP) is 0.579. The number of likely N-dealkylation sites (N-methyl/N-ethyl adjacent to an activating group) is 1. The van der Waals surface area contributed by atoms with Gasteiger partial charge in [0.15, 0.2) is 0 Å². The zero-order valence-corrected chi connectivity index (χ0v) is 12.7. The molecule has 0 unspecified atom stereocenters. The van der Waals surface area contributed by atoms with Crippen LogP contribution in [-0.2, 0) is 4.74 Å². The molecule has 0 aliphatic carbocycles. The lowest BCUT2D eigenvalue weighted by atomic mass is 10.2. The number of hydrogen-bond acceptors (Lipinski definition) is 7. The van der Waals surface area contributed by atoms with Gasteiger partial charge in [-0.05, 0) is 21.0 Å². The zero-order valence-electron chi connectivity index (χ0n) is 11.9. The van der Waals surface area contributed by atoms with Crippen LogP contribution >= 0.6 is 11.3 Å². The lowest BCUT2D eigenvalue weighted by molar-refractivity contribution is 0.0529. The van der Waals surface area contributed by atoms with Crippen molar-refractivity contribution >= 4 is 33.9 Å². The molecule has 1 heterocycles. The number of ether oxygens (including phenoxy) is 1. The third-order valence-corrected chi connectivity index (χ3v) is 3.67. The molecule has 8 heteroatoms. The van der Waals surface area contributed by atoms with Crippen LogP contribution < -0.4 is 16.8 Å². The van der Waals surface area contributed by atoms with Gasteiger partial charge in [-0.3, -0.25) is 4.79 Å². The first-order chi connectivity index (χ1) is 9.38. The van der Waals surface area contributed by atoms with Gasteiger partial charge in [-0.1, -0.05) is 0 Å². The molecule has 7 nitrogen and oxygen atoms in total. The molecule has 0 bridgehead atoms. The number of nitrogens with zero attached hydrogens (tertiary/aromatic N) is 1. The van der Waals surface area contributed by atoms with E-state index in [1.54, 1.807) is 6.92 Å². The molecule has 0 radical (unpaired) electrons. The molecule has 0 saturated heterocycles. The van der Waals surface area contributed by atoms with Gasteiger partial charge in [-0.15, -0.1) is 11.3 Å². The number of carbonyl (C=O) groups is 2. The van der Waals surface area contributed by atoms with Crippen molar-refractivity contribution in [1.82, 2.24) is 4.90 Å². The van der Waals surface area contributed by atoms with Crippen molar-refractivity contribution in [2.45, 2.75) is 6.92 Å². The molecule has 1 amide bonds. The number of amides is 1. The summed E-state index contributed by atoms with van der Waals surface area (Å²) >= 11 is 1.07. The van der Waals surface area contributed by atoms with Crippen LogP contribution in [0.25, 0.3) is 0 Å². The van der Waals surface area contributed by atoms with Crippen LogP contribution in [0.15, 0.2) is 0 Å². The second-order valence-corrected chi connectivity index (χ2v) is 5.38. The van der Waals surface area contributed by atoms with E-state index in [0.29, 0.717) is 11.5 Å². The number of anilines is 2. The summed E-state index contributed by atoms with van der Waals surface area (Å²) in [4.78, 5) is 25.4. The third kappa shape index (κ3) is 3.84. The molecule has 20 heavy (non-hydrogen) atoms. The maximum Gasteiger partial charge on any atom is 0.343 e. The Labute approximate surface area is 121 Å². The van der Waals surface area contributed by atoms with Crippen LogP contribution in [0, 0.1) is 0 Å². The highest BCUT2D eigenvalue weighted by atomic mass is 32.1. The van der Waals surface area contributed by atoms with Crippen molar-refractivity contribution in [3.63, 3.8) is 0 Å². The number of nitrogens with two attached hydrogens (primary N) is 2.